The van der Waals surface area contributed by atoms with Crippen molar-refractivity contribution in [1.82, 2.24) is 4.98 Å². The van der Waals surface area contributed by atoms with Gasteiger partial charge in [-0.1, -0.05) is 36.4 Å². The van der Waals surface area contributed by atoms with Crippen LogP contribution < -0.4 is 4.74 Å². The minimum atomic E-state index is 0.300. The van der Waals surface area contributed by atoms with Crippen LogP contribution in [0.3, 0.4) is 0 Å². The number of ether oxygens (including phenoxy) is 1. The fourth-order valence-corrected chi connectivity index (χ4v) is 2.30. The molecule has 0 aliphatic heterocycles. The van der Waals surface area contributed by atoms with Gasteiger partial charge in [-0.05, 0) is 37.3 Å². The van der Waals surface area contributed by atoms with Gasteiger partial charge >= 0.3 is 0 Å². The standard InChI is InChI=1S/C20H17NO3/c1-15-18(21-20(24-15)17-9-3-2-4-10-17)14-23-19-12-6-5-8-16(19)11-7-13-22/h2-13H,14H2,1H3. The predicted molar refractivity (Wildman–Crippen MR) is 92.5 cm³/mol. The van der Waals surface area contributed by atoms with Crippen LogP contribution >= 0.6 is 0 Å². The number of hydrogen-bond acceptors (Lipinski definition) is 4. The van der Waals surface area contributed by atoms with Crippen LogP contribution in [0.1, 0.15) is 17.0 Å². The van der Waals surface area contributed by atoms with Crippen molar-refractivity contribution < 1.29 is 13.9 Å². The number of benzene rings is 2. The van der Waals surface area contributed by atoms with Crippen LogP contribution in [-0.2, 0) is 11.4 Å². The first-order valence-corrected chi connectivity index (χ1v) is 7.63. The Balaban J connectivity index is 1.77. The van der Waals surface area contributed by atoms with Crippen LogP contribution in [0.2, 0.25) is 0 Å². The number of aryl methyl sites for hydroxylation is 1. The highest BCUT2D eigenvalue weighted by Crippen LogP contribution is 2.24. The fourth-order valence-electron chi connectivity index (χ4n) is 2.30. The zero-order chi connectivity index (χ0) is 16.8. The van der Waals surface area contributed by atoms with E-state index in [2.05, 4.69) is 4.98 Å². The average Bonchev–Trinajstić information content (AvgIpc) is 3.00. The van der Waals surface area contributed by atoms with Gasteiger partial charge in [-0.3, -0.25) is 4.79 Å². The first-order chi connectivity index (χ1) is 11.8. The Hall–Kier alpha value is -3.14. The van der Waals surface area contributed by atoms with Gasteiger partial charge in [0.05, 0.1) is 0 Å². The van der Waals surface area contributed by atoms with Crippen LogP contribution in [-0.4, -0.2) is 11.3 Å². The molecule has 0 aliphatic carbocycles. The molecule has 0 saturated heterocycles. The molecule has 0 spiro atoms. The summed E-state index contributed by atoms with van der Waals surface area (Å²) in [6, 6.07) is 17.3. The lowest BCUT2D eigenvalue weighted by atomic mass is 10.2. The van der Waals surface area contributed by atoms with Crippen molar-refractivity contribution in [3.63, 3.8) is 0 Å². The molecule has 0 aliphatic rings. The molecule has 0 unspecified atom stereocenters. The molecule has 0 saturated carbocycles. The Bertz CT molecular complexity index is 850. The van der Waals surface area contributed by atoms with E-state index in [0.29, 0.717) is 18.2 Å². The number of carbonyl (C=O) groups is 1. The monoisotopic (exact) mass is 319 g/mol. The second kappa shape index (κ2) is 7.42. The van der Waals surface area contributed by atoms with Crippen LogP contribution in [0.4, 0.5) is 0 Å². The summed E-state index contributed by atoms with van der Waals surface area (Å²) in [5.41, 5.74) is 2.53. The fraction of sp³-hybridized carbons (Fsp3) is 0.100. The Morgan fingerprint density at radius 1 is 1.08 bits per heavy atom. The molecule has 120 valence electrons. The second-order valence-electron chi connectivity index (χ2n) is 5.21. The van der Waals surface area contributed by atoms with E-state index < -0.39 is 0 Å². The van der Waals surface area contributed by atoms with Crippen LogP contribution in [0.25, 0.3) is 17.5 Å². The predicted octanol–water partition coefficient (Wildman–Crippen LogP) is 4.44. The summed E-state index contributed by atoms with van der Waals surface area (Å²) >= 11 is 0. The minimum Gasteiger partial charge on any atom is -0.487 e. The van der Waals surface area contributed by atoms with Gasteiger partial charge < -0.3 is 9.15 Å². The highest BCUT2D eigenvalue weighted by atomic mass is 16.5. The smallest absolute Gasteiger partial charge is 0.226 e. The first kappa shape index (κ1) is 15.7. The third kappa shape index (κ3) is 3.60. The van der Waals surface area contributed by atoms with Crippen LogP contribution in [0.15, 0.2) is 65.1 Å². The first-order valence-electron chi connectivity index (χ1n) is 7.63. The lowest BCUT2D eigenvalue weighted by Crippen LogP contribution is -1.99. The van der Waals surface area contributed by atoms with Crippen molar-refractivity contribution in [2.24, 2.45) is 0 Å². The van der Waals surface area contributed by atoms with Crippen LogP contribution in [0.5, 0.6) is 5.75 Å². The third-order valence-electron chi connectivity index (χ3n) is 3.55. The van der Waals surface area contributed by atoms with E-state index in [9.17, 15) is 4.79 Å². The number of para-hydroxylation sites is 1. The minimum absolute atomic E-state index is 0.300. The maximum atomic E-state index is 10.5. The molecule has 0 atom stereocenters. The van der Waals surface area contributed by atoms with Crippen molar-refractivity contribution in [3.05, 3.63) is 77.7 Å². The number of oxazole rings is 1. The number of nitrogens with zero attached hydrogens (tertiary/aromatic N) is 1. The molecule has 3 rings (SSSR count). The number of carbonyl (C=O) groups excluding carboxylic acids is 1. The summed E-state index contributed by atoms with van der Waals surface area (Å²) in [5, 5.41) is 0. The molecule has 0 radical (unpaired) electrons. The Labute approximate surface area is 140 Å². The molecular formula is C20H17NO3. The SMILES string of the molecule is Cc1oc(-c2ccccc2)nc1COc1ccccc1C=CC=O. The van der Waals surface area contributed by atoms with Crippen molar-refractivity contribution in [3.8, 4) is 17.2 Å². The maximum absolute atomic E-state index is 10.5. The zero-order valence-electron chi connectivity index (χ0n) is 13.3. The van der Waals surface area contributed by atoms with E-state index in [1.165, 1.54) is 6.08 Å². The Kier molecular flexibility index (Phi) is 4.87. The molecular weight excluding hydrogens is 302 g/mol. The van der Waals surface area contributed by atoms with E-state index in [-0.39, 0.29) is 0 Å². The van der Waals surface area contributed by atoms with Gasteiger partial charge in [-0.25, -0.2) is 4.98 Å². The normalized spacial score (nSPS) is 10.9. The largest absolute Gasteiger partial charge is 0.487 e. The second-order valence-corrected chi connectivity index (χ2v) is 5.21. The molecule has 24 heavy (non-hydrogen) atoms. The Morgan fingerprint density at radius 3 is 2.62 bits per heavy atom. The molecule has 1 heterocycles. The lowest BCUT2D eigenvalue weighted by molar-refractivity contribution is -0.104. The van der Waals surface area contributed by atoms with Gasteiger partial charge in [0.1, 0.15) is 30.1 Å². The lowest BCUT2D eigenvalue weighted by Gasteiger charge is -2.07. The number of aldehydes is 1. The van der Waals surface area contributed by atoms with Crippen molar-refractivity contribution in [2.75, 3.05) is 0 Å². The van der Waals surface area contributed by atoms with E-state index in [1.807, 2.05) is 61.5 Å². The van der Waals surface area contributed by atoms with E-state index >= 15 is 0 Å². The van der Waals surface area contributed by atoms with Crippen LogP contribution in [0, 0.1) is 6.92 Å². The molecule has 2 aromatic carbocycles. The van der Waals surface area contributed by atoms with Gasteiger partial charge in [0.2, 0.25) is 5.89 Å². The number of hydrogen-bond donors (Lipinski definition) is 0. The number of rotatable bonds is 6. The average molecular weight is 319 g/mol. The maximum Gasteiger partial charge on any atom is 0.226 e. The van der Waals surface area contributed by atoms with E-state index in [4.69, 9.17) is 9.15 Å². The van der Waals surface area contributed by atoms with Gasteiger partial charge in [0.25, 0.3) is 0 Å². The third-order valence-corrected chi connectivity index (χ3v) is 3.55. The highest BCUT2D eigenvalue weighted by Gasteiger charge is 2.12. The summed E-state index contributed by atoms with van der Waals surface area (Å²) < 4.78 is 11.6. The molecule has 0 N–H and O–H groups in total. The van der Waals surface area contributed by atoms with Gasteiger partial charge in [0.15, 0.2) is 0 Å². The molecule has 4 heteroatoms. The summed E-state index contributed by atoms with van der Waals surface area (Å²) in [6.07, 6.45) is 3.90. The van der Waals surface area contributed by atoms with Gasteiger partial charge in [0, 0.05) is 11.1 Å². The van der Waals surface area contributed by atoms with Crippen molar-refractivity contribution >= 4 is 12.4 Å². The molecule has 1 aromatic heterocycles. The van der Waals surface area contributed by atoms with E-state index in [1.54, 1.807) is 6.08 Å². The summed E-state index contributed by atoms with van der Waals surface area (Å²) in [6.45, 7) is 2.17. The van der Waals surface area contributed by atoms with Crippen molar-refractivity contribution in [1.29, 1.82) is 0 Å². The molecule has 0 amide bonds. The van der Waals surface area contributed by atoms with E-state index in [0.717, 1.165) is 28.9 Å². The van der Waals surface area contributed by atoms with Gasteiger partial charge in [-0.15, -0.1) is 0 Å². The topological polar surface area (TPSA) is 52.3 Å². The summed E-state index contributed by atoms with van der Waals surface area (Å²) in [5.74, 6) is 2.01. The molecule has 3 aromatic rings. The molecule has 4 nitrogen and oxygen atoms in total. The zero-order valence-corrected chi connectivity index (χ0v) is 13.3. The quantitative estimate of drug-likeness (QED) is 0.498. The summed E-state index contributed by atoms with van der Waals surface area (Å²) in [7, 11) is 0. The van der Waals surface area contributed by atoms with Crippen molar-refractivity contribution in [2.45, 2.75) is 13.5 Å². The Morgan fingerprint density at radius 2 is 1.83 bits per heavy atom. The molecule has 0 fully saturated rings. The summed E-state index contributed by atoms with van der Waals surface area (Å²) in [4.78, 5) is 15.0. The highest BCUT2D eigenvalue weighted by molar-refractivity contribution is 5.75. The molecule has 0 bridgehead atoms. The number of allylic oxidation sites excluding steroid dienone is 1. The number of aromatic nitrogens is 1. The van der Waals surface area contributed by atoms with Gasteiger partial charge in [-0.2, -0.15) is 0 Å².